The first-order chi connectivity index (χ1) is 5.31. The molecule has 4 nitrogen and oxygen atoms in total. The molecular formula is C6H14N2O2S. The molecule has 0 spiro atoms. The summed E-state index contributed by atoms with van der Waals surface area (Å²) in [5.74, 6) is 2.11. The lowest BCUT2D eigenvalue weighted by Gasteiger charge is -1.98. The van der Waals surface area contributed by atoms with Crippen LogP contribution in [0.2, 0.25) is 0 Å². The molecule has 0 aliphatic heterocycles. The zero-order valence-electron chi connectivity index (χ0n) is 6.62. The van der Waals surface area contributed by atoms with Gasteiger partial charge in [-0.25, -0.2) is 0 Å². The van der Waals surface area contributed by atoms with Gasteiger partial charge in [-0.1, -0.05) is 5.16 Å². The third kappa shape index (κ3) is 7.48. The lowest BCUT2D eigenvalue weighted by molar-refractivity contribution is 0.218. The largest absolute Gasteiger partial charge is 0.409 e. The minimum Gasteiger partial charge on any atom is -0.409 e. The summed E-state index contributed by atoms with van der Waals surface area (Å²) in [5, 5.41) is 11.0. The van der Waals surface area contributed by atoms with Gasteiger partial charge in [-0.3, -0.25) is 0 Å². The molecule has 0 aliphatic rings. The van der Waals surface area contributed by atoms with Crippen molar-refractivity contribution in [1.82, 2.24) is 0 Å². The van der Waals surface area contributed by atoms with Crippen LogP contribution in [0.1, 0.15) is 6.42 Å². The van der Waals surface area contributed by atoms with Crippen molar-refractivity contribution in [2.75, 3.05) is 25.2 Å². The molecule has 0 unspecified atom stereocenters. The van der Waals surface area contributed by atoms with Crippen LogP contribution < -0.4 is 5.73 Å². The highest BCUT2D eigenvalue weighted by atomic mass is 32.2. The zero-order chi connectivity index (χ0) is 8.53. The van der Waals surface area contributed by atoms with Crippen LogP contribution in [0.25, 0.3) is 0 Å². The molecule has 0 fully saturated rings. The maximum atomic E-state index is 8.17. The van der Waals surface area contributed by atoms with Gasteiger partial charge >= 0.3 is 0 Å². The van der Waals surface area contributed by atoms with Gasteiger partial charge in [0.05, 0.1) is 6.61 Å². The first kappa shape index (κ1) is 10.6. The number of amidine groups is 1. The first-order valence-electron chi connectivity index (χ1n) is 3.34. The molecule has 66 valence electrons. The molecule has 3 N–H and O–H groups in total. The number of nitrogens with two attached hydrogens (primary N) is 1. The zero-order valence-corrected chi connectivity index (χ0v) is 7.43. The van der Waals surface area contributed by atoms with Crippen LogP contribution in [0.3, 0.4) is 0 Å². The summed E-state index contributed by atoms with van der Waals surface area (Å²) in [6, 6.07) is 0. The summed E-state index contributed by atoms with van der Waals surface area (Å²) in [6.45, 7) is 0.751. The molecule has 5 heteroatoms. The minimum absolute atomic E-state index is 0.287. The Balaban J connectivity index is 3.02. The van der Waals surface area contributed by atoms with Crippen molar-refractivity contribution in [2.45, 2.75) is 6.42 Å². The van der Waals surface area contributed by atoms with E-state index in [0.29, 0.717) is 6.42 Å². The Bertz CT molecular complexity index is 119. The lowest BCUT2D eigenvalue weighted by atomic mass is 10.5. The average molecular weight is 178 g/mol. The van der Waals surface area contributed by atoms with Gasteiger partial charge < -0.3 is 15.7 Å². The number of nitrogens with zero attached hydrogens (tertiary/aromatic N) is 1. The second-order valence-corrected chi connectivity index (χ2v) is 3.17. The standard InChI is InChI=1S/C6H14N2O2S/c1-10-3-5-11-4-2-6(7)8-9/h9H,2-5H2,1H3,(H2,7,8). The van der Waals surface area contributed by atoms with Gasteiger partial charge in [0.1, 0.15) is 5.84 Å². The van der Waals surface area contributed by atoms with Crippen molar-refractivity contribution in [3.63, 3.8) is 0 Å². The van der Waals surface area contributed by atoms with E-state index < -0.39 is 0 Å². The number of rotatable bonds is 6. The van der Waals surface area contributed by atoms with Gasteiger partial charge in [-0.2, -0.15) is 11.8 Å². The predicted octanol–water partition coefficient (Wildman–Crippen LogP) is 0.502. The van der Waals surface area contributed by atoms with Gasteiger partial charge in [0.2, 0.25) is 0 Å². The molecule has 0 bridgehead atoms. The highest BCUT2D eigenvalue weighted by Crippen LogP contribution is 2.01. The fourth-order valence-electron chi connectivity index (χ4n) is 0.471. The van der Waals surface area contributed by atoms with Crippen molar-refractivity contribution < 1.29 is 9.94 Å². The van der Waals surface area contributed by atoms with Crippen molar-refractivity contribution >= 4 is 17.6 Å². The molecule has 0 atom stereocenters. The lowest BCUT2D eigenvalue weighted by Crippen LogP contribution is -2.12. The highest BCUT2D eigenvalue weighted by molar-refractivity contribution is 7.99. The number of methoxy groups -OCH3 is 1. The molecule has 0 rings (SSSR count). The number of hydrogen-bond acceptors (Lipinski definition) is 4. The van der Waals surface area contributed by atoms with E-state index in [-0.39, 0.29) is 5.84 Å². The van der Waals surface area contributed by atoms with E-state index in [2.05, 4.69) is 5.16 Å². The third-order valence-electron chi connectivity index (χ3n) is 1.06. The van der Waals surface area contributed by atoms with Crippen LogP contribution in [0.4, 0.5) is 0 Å². The number of hydrogen-bond donors (Lipinski definition) is 2. The molecule has 11 heavy (non-hydrogen) atoms. The minimum atomic E-state index is 0.287. The van der Waals surface area contributed by atoms with Gasteiger partial charge in [0, 0.05) is 25.0 Å². The smallest absolute Gasteiger partial charge is 0.139 e. The molecule has 0 aromatic heterocycles. The summed E-state index contributed by atoms with van der Waals surface area (Å²) in [5.41, 5.74) is 5.24. The number of thioether (sulfide) groups is 1. The average Bonchev–Trinajstić information content (AvgIpc) is 2.04. The Morgan fingerprint density at radius 3 is 2.91 bits per heavy atom. The Labute approximate surface area is 70.8 Å². The predicted molar refractivity (Wildman–Crippen MR) is 47.2 cm³/mol. The van der Waals surface area contributed by atoms with Crippen molar-refractivity contribution in [3.05, 3.63) is 0 Å². The second kappa shape index (κ2) is 7.68. The summed E-state index contributed by atoms with van der Waals surface area (Å²) in [6.07, 6.45) is 0.630. The summed E-state index contributed by atoms with van der Waals surface area (Å²) < 4.78 is 4.84. The molecule has 0 saturated carbocycles. The van der Waals surface area contributed by atoms with E-state index >= 15 is 0 Å². The van der Waals surface area contributed by atoms with E-state index in [1.807, 2.05) is 0 Å². The van der Waals surface area contributed by atoms with Crippen molar-refractivity contribution in [1.29, 1.82) is 0 Å². The Hall–Kier alpha value is -0.420. The topological polar surface area (TPSA) is 67.8 Å². The van der Waals surface area contributed by atoms with Crippen molar-refractivity contribution in [3.8, 4) is 0 Å². The summed E-state index contributed by atoms with van der Waals surface area (Å²) in [4.78, 5) is 0. The molecular weight excluding hydrogens is 164 g/mol. The van der Waals surface area contributed by atoms with E-state index in [0.717, 1.165) is 18.1 Å². The fourth-order valence-corrected chi connectivity index (χ4v) is 1.31. The van der Waals surface area contributed by atoms with E-state index in [9.17, 15) is 0 Å². The summed E-state index contributed by atoms with van der Waals surface area (Å²) in [7, 11) is 1.67. The number of oxime groups is 1. The Morgan fingerprint density at radius 2 is 2.36 bits per heavy atom. The molecule has 0 heterocycles. The van der Waals surface area contributed by atoms with Crippen molar-refractivity contribution in [2.24, 2.45) is 10.9 Å². The molecule has 0 aromatic rings. The fraction of sp³-hybridized carbons (Fsp3) is 0.833. The van der Waals surface area contributed by atoms with E-state index in [1.165, 1.54) is 0 Å². The molecule has 0 saturated heterocycles. The Morgan fingerprint density at radius 1 is 1.64 bits per heavy atom. The van der Waals surface area contributed by atoms with Crippen LogP contribution in [0.5, 0.6) is 0 Å². The SMILES string of the molecule is COCCSCC/C(N)=N/O. The first-order valence-corrected chi connectivity index (χ1v) is 4.49. The number of ether oxygens (including phenoxy) is 1. The molecule has 0 radical (unpaired) electrons. The highest BCUT2D eigenvalue weighted by Gasteiger charge is 1.92. The Kier molecular flexibility index (Phi) is 7.39. The van der Waals surface area contributed by atoms with Crippen LogP contribution in [0.15, 0.2) is 5.16 Å². The normalized spacial score (nSPS) is 11.9. The van der Waals surface area contributed by atoms with Crippen LogP contribution >= 0.6 is 11.8 Å². The second-order valence-electron chi connectivity index (χ2n) is 1.95. The van der Waals surface area contributed by atoms with Gasteiger partial charge in [-0.05, 0) is 0 Å². The van der Waals surface area contributed by atoms with E-state index in [1.54, 1.807) is 18.9 Å². The molecule has 0 aliphatic carbocycles. The molecule has 0 aromatic carbocycles. The van der Waals surface area contributed by atoms with E-state index in [4.69, 9.17) is 15.7 Å². The third-order valence-corrected chi connectivity index (χ3v) is 2.01. The van der Waals surface area contributed by atoms with Gasteiger partial charge in [0.15, 0.2) is 0 Å². The molecule has 0 amide bonds. The quantitative estimate of drug-likeness (QED) is 0.204. The maximum Gasteiger partial charge on any atom is 0.139 e. The van der Waals surface area contributed by atoms with Gasteiger partial charge in [-0.15, -0.1) is 0 Å². The monoisotopic (exact) mass is 178 g/mol. The van der Waals surface area contributed by atoms with Crippen LogP contribution in [-0.2, 0) is 4.74 Å². The maximum absolute atomic E-state index is 8.17. The summed E-state index contributed by atoms with van der Waals surface area (Å²) >= 11 is 1.72. The van der Waals surface area contributed by atoms with Gasteiger partial charge in [0.25, 0.3) is 0 Å². The van der Waals surface area contributed by atoms with Crippen LogP contribution in [-0.4, -0.2) is 36.3 Å². The van der Waals surface area contributed by atoms with Crippen LogP contribution in [0, 0.1) is 0 Å².